The Morgan fingerprint density at radius 3 is 2.60 bits per heavy atom. The molecule has 0 radical (unpaired) electrons. The van der Waals surface area contributed by atoms with Gasteiger partial charge in [-0.2, -0.15) is 0 Å². The molecule has 0 aliphatic heterocycles. The van der Waals surface area contributed by atoms with Gasteiger partial charge < -0.3 is 11.1 Å². The number of nitrogens with zero attached hydrogens (tertiary/aromatic N) is 2. The molecule has 4 N–H and O–H groups in total. The van der Waals surface area contributed by atoms with Crippen molar-refractivity contribution in [2.45, 2.75) is 19.4 Å². The fourth-order valence-corrected chi connectivity index (χ4v) is 2.41. The molecule has 1 atom stereocenters. The van der Waals surface area contributed by atoms with Gasteiger partial charge in [-0.15, -0.1) is 0 Å². The van der Waals surface area contributed by atoms with Gasteiger partial charge >= 0.3 is 11.9 Å². The van der Waals surface area contributed by atoms with Crippen molar-refractivity contribution >= 4 is 23.3 Å². The maximum absolute atomic E-state index is 12.0. The van der Waals surface area contributed by atoms with Crippen LogP contribution in [0.2, 0.25) is 0 Å². The van der Waals surface area contributed by atoms with Gasteiger partial charge in [0, 0.05) is 24.7 Å². The number of carbonyl (C=O) groups is 1. The van der Waals surface area contributed by atoms with E-state index < -0.39 is 6.03 Å². The van der Waals surface area contributed by atoms with Gasteiger partial charge in [0.15, 0.2) is 6.04 Å². The highest BCUT2D eigenvalue weighted by Crippen LogP contribution is 2.12. The quantitative estimate of drug-likeness (QED) is 0.492. The normalized spacial score (nSPS) is 11.7. The van der Waals surface area contributed by atoms with Gasteiger partial charge in [0.25, 0.3) is 6.20 Å². The minimum Gasteiger partial charge on any atom is -0.399 e. The molecule has 128 valence electrons. The molecular formula is C18H20N5O2+. The van der Waals surface area contributed by atoms with Crippen molar-refractivity contribution in [3.63, 3.8) is 0 Å². The molecule has 7 heteroatoms. The van der Waals surface area contributed by atoms with Crippen LogP contribution >= 0.6 is 0 Å². The van der Waals surface area contributed by atoms with Gasteiger partial charge in [-0.05, 0) is 34.5 Å². The minimum atomic E-state index is -0.413. The highest BCUT2D eigenvalue weighted by atomic mass is 16.5. The zero-order valence-electron chi connectivity index (χ0n) is 13.8. The zero-order chi connectivity index (χ0) is 17.6. The van der Waals surface area contributed by atoms with E-state index >= 15 is 0 Å². The smallest absolute Gasteiger partial charge is 0.326 e. The lowest BCUT2D eigenvalue weighted by molar-refractivity contribution is -0.782. The number of anilines is 3. The van der Waals surface area contributed by atoms with Crippen LogP contribution in [-0.2, 0) is 6.42 Å². The molecule has 0 saturated carbocycles. The topological polar surface area (TPSA) is 97.1 Å². The van der Waals surface area contributed by atoms with E-state index in [2.05, 4.69) is 28.0 Å². The standard InChI is InChI=1S/C18H19N5O2/c1-13(11-14-5-3-2-4-6-14)23-12-17(25-22-23)21-18(24)20-16-9-7-15(19)8-10-16/h2-10,12-13,19,22H,11H2,1H3,(H,21,24)/p+1. The molecule has 1 aromatic heterocycles. The van der Waals surface area contributed by atoms with Gasteiger partial charge in [0.2, 0.25) is 5.27 Å². The SMILES string of the molecule is CC(Cc1ccccc1)[n+]1cc(NC(=O)Nc2ccc(N)cc2)on1. The van der Waals surface area contributed by atoms with Crippen molar-refractivity contribution in [2.75, 3.05) is 16.4 Å². The molecule has 0 saturated heterocycles. The molecule has 2 aromatic carbocycles. The van der Waals surface area contributed by atoms with Crippen molar-refractivity contribution in [3.8, 4) is 0 Å². The summed E-state index contributed by atoms with van der Waals surface area (Å²) in [6, 6.07) is 16.7. The predicted molar refractivity (Wildman–Crippen MR) is 95.1 cm³/mol. The van der Waals surface area contributed by atoms with Crippen molar-refractivity contribution in [1.82, 2.24) is 5.27 Å². The Morgan fingerprint density at radius 1 is 1.16 bits per heavy atom. The van der Waals surface area contributed by atoms with E-state index in [0.717, 1.165) is 6.42 Å². The lowest BCUT2D eigenvalue weighted by Crippen LogP contribution is -2.40. The zero-order valence-corrected chi connectivity index (χ0v) is 13.8. The number of benzene rings is 2. The summed E-state index contributed by atoms with van der Waals surface area (Å²) < 4.78 is 6.86. The number of rotatable bonds is 5. The predicted octanol–water partition coefficient (Wildman–Crippen LogP) is 2.99. The molecule has 1 heterocycles. The molecule has 3 aromatic rings. The first kappa shape index (κ1) is 16.5. The molecule has 1 unspecified atom stereocenters. The number of aromatic nitrogens is 2. The molecule has 0 aliphatic rings. The van der Waals surface area contributed by atoms with Crippen molar-refractivity contribution in [1.29, 1.82) is 0 Å². The van der Waals surface area contributed by atoms with E-state index in [1.165, 1.54) is 5.56 Å². The number of hydrogen-bond donors (Lipinski definition) is 3. The highest BCUT2D eigenvalue weighted by Gasteiger charge is 2.21. The molecule has 25 heavy (non-hydrogen) atoms. The second kappa shape index (κ2) is 7.48. The third-order valence-electron chi connectivity index (χ3n) is 3.71. The number of nitrogens with two attached hydrogens (primary N) is 1. The number of hydrogen-bond acceptors (Lipinski definition) is 4. The molecule has 0 bridgehead atoms. The van der Waals surface area contributed by atoms with Crippen molar-refractivity contribution < 1.29 is 14.0 Å². The van der Waals surface area contributed by atoms with Crippen LogP contribution in [-0.4, -0.2) is 11.3 Å². The van der Waals surface area contributed by atoms with Crippen LogP contribution in [0.3, 0.4) is 0 Å². The van der Waals surface area contributed by atoms with Gasteiger partial charge in [-0.1, -0.05) is 30.3 Å². The summed E-state index contributed by atoms with van der Waals surface area (Å²) in [7, 11) is 0. The van der Waals surface area contributed by atoms with Gasteiger partial charge in [0.1, 0.15) is 0 Å². The fraction of sp³-hybridized carbons (Fsp3) is 0.167. The summed E-state index contributed by atoms with van der Waals surface area (Å²) >= 11 is 0. The Morgan fingerprint density at radius 2 is 1.88 bits per heavy atom. The summed E-state index contributed by atoms with van der Waals surface area (Å²) in [5.74, 6) is 0.271. The minimum absolute atomic E-state index is 0.0989. The van der Waals surface area contributed by atoms with E-state index in [1.54, 1.807) is 35.1 Å². The van der Waals surface area contributed by atoms with E-state index in [-0.39, 0.29) is 11.9 Å². The van der Waals surface area contributed by atoms with Crippen LogP contribution in [0.1, 0.15) is 18.5 Å². The van der Waals surface area contributed by atoms with E-state index in [4.69, 9.17) is 10.3 Å². The van der Waals surface area contributed by atoms with Gasteiger partial charge in [0.05, 0.1) is 0 Å². The Kier molecular flexibility index (Phi) is 4.94. The van der Waals surface area contributed by atoms with Crippen LogP contribution in [0.15, 0.2) is 65.3 Å². The van der Waals surface area contributed by atoms with E-state index in [0.29, 0.717) is 11.4 Å². The lowest BCUT2D eigenvalue weighted by Gasteiger charge is -2.04. The lowest BCUT2D eigenvalue weighted by atomic mass is 10.1. The van der Waals surface area contributed by atoms with E-state index in [1.807, 2.05) is 25.1 Å². The summed E-state index contributed by atoms with van der Waals surface area (Å²) in [6.07, 6.45) is 2.48. The van der Waals surface area contributed by atoms with Crippen molar-refractivity contribution in [2.24, 2.45) is 0 Å². The molecule has 0 spiro atoms. The van der Waals surface area contributed by atoms with Crippen LogP contribution in [0.4, 0.5) is 22.1 Å². The van der Waals surface area contributed by atoms with Crippen LogP contribution in [0.25, 0.3) is 0 Å². The average Bonchev–Trinajstić information content (AvgIpc) is 3.06. The number of carbonyl (C=O) groups excluding carboxylic acids is 1. The first-order valence-corrected chi connectivity index (χ1v) is 7.96. The first-order valence-electron chi connectivity index (χ1n) is 7.96. The second-order valence-corrected chi connectivity index (χ2v) is 5.79. The maximum Gasteiger partial charge on any atom is 0.326 e. The Labute approximate surface area is 145 Å². The Hall–Kier alpha value is -3.35. The van der Waals surface area contributed by atoms with Gasteiger partial charge in [-0.25, -0.2) is 4.79 Å². The van der Waals surface area contributed by atoms with Crippen LogP contribution < -0.4 is 21.0 Å². The van der Waals surface area contributed by atoms with Crippen LogP contribution in [0, 0.1) is 0 Å². The molecule has 3 rings (SSSR count). The monoisotopic (exact) mass is 338 g/mol. The summed E-state index contributed by atoms with van der Waals surface area (Å²) in [5, 5.41) is 9.27. The van der Waals surface area contributed by atoms with Crippen LogP contribution in [0.5, 0.6) is 0 Å². The largest absolute Gasteiger partial charge is 0.399 e. The molecule has 2 amide bonds. The molecule has 7 nitrogen and oxygen atoms in total. The van der Waals surface area contributed by atoms with Crippen molar-refractivity contribution in [3.05, 3.63) is 66.4 Å². The van der Waals surface area contributed by atoms with E-state index in [9.17, 15) is 4.79 Å². The molecular weight excluding hydrogens is 318 g/mol. The summed E-state index contributed by atoms with van der Waals surface area (Å²) in [4.78, 5) is 12.0. The third kappa shape index (κ3) is 4.57. The Balaban J connectivity index is 1.57. The number of nitrogen functional groups attached to an aromatic ring is 1. The van der Waals surface area contributed by atoms with Gasteiger partial charge in [-0.3, -0.25) is 9.84 Å². The summed E-state index contributed by atoms with van der Waals surface area (Å²) in [5.41, 5.74) is 8.09. The third-order valence-corrected chi connectivity index (χ3v) is 3.71. The number of nitrogens with one attached hydrogen (secondary N) is 2. The first-order chi connectivity index (χ1) is 12.1. The molecule has 0 aliphatic carbocycles. The maximum atomic E-state index is 12.0. The second-order valence-electron chi connectivity index (χ2n) is 5.79. The number of urea groups is 1. The summed E-state index contributed by atoms with van der Waals surface area (Å²) in [6.45, 7) is 2.04. The highest BCUT2D eigenvalue weighted by molar-refractivity contribution is 5.98. The fourth-order valence-electron chi connectivity index (χ4n) is 2.41. The number of amides is 2. The molecule has 0 fully saturated rings. The average molecular weight is 338 g/mol. The Bertz CT molecular complexity index is 830.